The average molecular weight is 471 g/mol. The first-order valence-corrected chi connectivity index (χ1v) is 11.6. The molecule has 1 saturated heterocycles. The number of H-pyrrole nitrogens is 1. The minimum atomic E-state index is -0.965. The number of aliphatic hydroxyl groups is 1. The largest absolute Gasteiger partial charge is 0.463 e. The quantitative estimate of drug-likeness (QED) is 0.369. The molecular formula is C24H24Cl2N4O2. The Morgan fingerprint density at radius 3 is 2.75 bits per heavy atom. The zero-order valence-electron chi connectivity index (χ0n) is 17.5. The van der Waals surface area contributed by atoms with Crippen LogP contribution in [0.15, 0.2) is 48.8 Å². The van der Waals surface area contributed by atoms with Crippen molar-refractivity contribution in [2.45, 2.75) is 31.5 Å². The Morgan fingerprint density at radius 2 is 1.94 bits per heavy atom. The SMILES string of the molecule is OC(CCN1CCC(c2cnc3ccccc3n2)CC1)Oc1c(Cl)c(Cl)cc2[nH]ccc12. The number of nitrogens with one attached hydrogen (secondary N) is 1. The molecule has 1 aliphatic rings. The summed E-state index contributed by atoms with van der Waals surface area (Å²) in [5.41, 5.74) is 3.77. The standard InChI is InChI=1S/C24H24Cl2N4O2/c25-17-13-20-16(5-9-27-20)24(23(17)26)32-22(31)8-12-30-10-6-15(7-11-30)21-14-28-18-3-1-2-4-19(18)29-21/h1-5,9,13-15,22,27,31H,6-8,10-12H2. The highest BCUT2D eigenvalue weighted by Gasteiger charge is 2.23. The summed E-state index contributed by atoms with van der Waals surface area (Å²) in [6.45, 7) is 2.64. The fourth-order valence-electron chi connectivity index (χ4n) is 4.34. The van der Waals surface area contributed by atoms with Gasteiger partial charge in [0.15, 0.2) is 12.0 Å². The number of aliphatic hydroxyl groups excluding tert-OH is 1. The fourth-order valence-corrected chi connectivity index (χ4v) is 4.74. The van der Waals surface area contributed by atoms with Crippen LogP contribution in [0.25, 0.3) is 21.9 Å². The molecule has 2 aromatic carbocycles. The van der Waals surface area contributed by atoms with Crippen LogP contribution in [0.2, 0.25) is 10.0 Å². The van der Waals surface area contributed by atoms with E-state index in [-0.39, 0.29) is 0 Å². The summed E-state index contributed by atoms with van der Waals surface area (Å²) in [7, 11) is 0. The van der Waals surface area contributed by atoms with Gasteiger partial charge in [0, 0.05) is 36.7 Å². The van der Waals surface area contributed by atoms with Crippen molar-refractivity contribution in [3.63, 3.8) is 0 Å². The number of aromatic amines is 1. The molecule has 3 heterocycles. The van der Waals surface area contributed by atoms with Gasteiger partial charge in [-0.15, -0.1) is 0 Å². The van der Waals surface area contributed by atoms with Crippen molar-refractivity contribution in [3.8, 4) is 5.75 Å². The number of benzene rings is 2. The van der Waals surface area contributed by atoms with Gasteiger partial charge in [-0.1, -0.05) is 35.3 Å². The van der Waals surface area contributed by atoms with Gasteiger partial charge in [0.05, 0.1) is 27.3 Å². The van der Waals surface area contributed by atoms with Gasteiger partial charge in [0.2, 0.25) is 0 Å². The minimum absolute atomic E-state index is 0.315. The van der Waals surface area contributed by atoms with E-state index in [0.29, 0.717) is 28.1 Å². The van der Waals surface area contributed by atoms with E-state index in [1.165, 1.54) is 0 Å². The lowest BCUT2D eigenvalue weighted by atomic mass is 9.93. The van der Waals surface area contributed by atoms with Crippen molar-refractivity contribution in [1.82, 2.24) is 19.9 Å². The summed E-state index contributed by atoms with van der Waals surface area (Å²) in [6, 6.07) is 11.6. The van der Waals surface area contributed by atoms with E-state index in [0.717, 1.165) is 60.1 Å². The fraction of sp³-hybridized carbons (Fsp3) is 0.333. The third-order valence-electron chi connectivity index (χ3n) is 6.12. The summed E-state index contributed by atoms with van der Waals surface area (Å²) in [6.07, 6.45) is 5.27. The Balaban J connectivity index is 1.16. The Kier molecular flexibility index (Phi) is 6.20. The molecule has 0 radical (unpaired) electrons. The van der Waals surface area contributed by atoms with Gasteiger partial charge in [0.1, 0.15) is 5.02 Å². The number of hydrogen-bond donors (Lipinski definition) is 2. The van der Waals surface area contributed by atoms with Crippen LogP contribution in [0.4, 0.5) is 0 Å². The predicted molar refractivity (Wildman–Crippen MR) is 128 cm³/mol. The Bertz CT molecular complexity index is 1240. The minimum Gasteiger partial charge on any atom is -0.463 e. The topological polar surface area (TPSA) is 74.3 Å². The molecule has 166 valence electrons. The first-order valence-electron chi connectivity index (χ1n) is 10.8. The molecule has 2 aromatic heterocycles. The first kappa shape index (κ1) is 21.5. The van der Waals surface area contributed by atoms with Gasteiger partial charge in [0.25, 0.3) is 0 Å². The van der Waals surface area contributed by atoms with Crippen LogP contribution in [0.5, 0.6) is 5.75 Å². The highest BCUT2D eigenvalue weighted by Crippen LogP contribution is 2.39. The van der Waals surface area contributed by atoms with Crippen molar-refractivity contribution < 1.29 is 9.84 Å². The molecule has 0 amide bonds. The predicted octanol–water partition coefficient (Wildman–Crippen LogP) is 5.38. The molecule has 5 rings (SSSR count). The molecule has 1 atom stereocenters. The van der Waals surface area contributed by atoms with Gasteiger partial charge in [-0.05, 0) is 50.2 Å². The zero-order chi connectivity index (χ0) is 22.1. The molecule has 8 heteroatoms. The van der Waals surface area contributed by atoms with Crippen LogP contribution in [0, 0.1) is 0 Å². The van der Waals surface area contributed by atoms with Gasteiger partial charge in [-0.3, -0.25) is 4.98 Å². The number of fused-ring (bicyclic) bond motifs is 2. The maximum Gasteiger partial charge on any atom is 0.198 e. The second kappa shape index (κ2) is 9.24. The van der Waals surface area contributed by atoms with E-state index in [4.69, 9.17) is 32.9 Å². The summed E-state index contributed by atoms with van der Waals surface area (Å²) in [5, 5.41) is 12.0. The van der Waals surface area contributed by atoms with Gasteiger partial charge < -0.3 is 19.7 Å². The number of hydrogen-bond acceptors (Lipinski definition) is 5. The molecule has 1 fully saturated rings. The third-order valence-corrected chi connectivity index (χ3v) is 6.89. The lowest BCUT2D eigenvalue weighted by Crippen LogP contribution is -2.36. The molecule has 1 aliphatic heterocycles. The Morgan fingerprint density at radius 1 is 1.16 bits per heavy atom. The normalized spacial score (nSPS) is 16.6. The monoisotopic (exact) mass is 470 g/mol. The second-order valence-corrected chi connectivity index (χ2v) is 8.99. The van der Waals surface area contributed by atoms with Crippen LogP contribution in [-0.4, -0.2) is 50.9 Å². The number of piperidine rings is 1. The van der Waals surface area contributed by atoms with E-state index in [2.05, 4.69) is 14.9 Å². The molecule has 0 bridgehead atoms. The van der Waals surface area contributed by atoms with E-state index >= 15 is 0 Å². The van der Waals surface area contributed by atoms with Gasteiger partial charge in [-0.25, -0.2) is 4.98 Å². The van der Waals surface area contributed by atoms with Gasteiger partial charge >= 0.3 is 0 Å². The number of nitrogens with zero attached hydrogens (tertiary/aromatic N) is 3. The van der Waals surface area contributed by atoms with Crippen LogP contribution in [0.1, 0.15) is 30.9 Å². The molecule has 4 aromatic rings. The molecular weight excluding hydrogens is 447 g/mol. The maximum absolute atomic E-state index is 10.5. The molecule has 1 unspecified atom stereocenters. The average Bonchev–Trinajstić information content (AvgIpc) is 3.29. The molecule has 32 heavy (non-hydrogen) atoms. The number of aromatic nitrogens is 3. The van der Waals surface area contributed by atoms with Crippen molar-refractivity contribution in [1.29, 1.82) is 0 Å². The van der Waals surface area contributed by atoms with Gasteiger partial charge in [-0.2, -0.15) is 0 Å². The number of likely N-dealkylation sites (tertiary alicyclic amines) is 1. The Hall–Kier alpha value is -2.38. The summed E-state index contributed by atoms with van der Waals surface area (Å²) < 4.78 is 5.79. The Labute approximate surface area is 196 Å². The highest BCUT2D eigenvalue weighted by molar-refractivity contribution is 6.44. The maximum atomic E-state index is 10.5. The lowest BCUT2D eigenvalue weighted by molar-refractivity contribution is -0.0289. The van der Waals surface area contributed by atoms with E-state index in [1.54, 1.807) is 12.3 Å². The summed E-state index contributed by atoms with van der Waals surface area (Å²) in [4.78, 5) is 14.8. The van der Waals surface area contributed by atoms with Crippen LogP contribution < -0.4 is 4.74 Å². The van der Waals surface area contributed by atoms with Crippen LogP contribution >= 0.6 is 23.2 Å². The smallest absolute Gasteiger partial charge is 0.198 e. The molecule has 0 aliphatic carbocycles. The highest BCUT2D eigenvalue weighted by atomic mass is 35.5. The van der Waals surface area contributed by atoms with Crippen LogP contribution in [0.3, 0.4) is 0 Å². The van der Waals surface area contributed by atoms with Crippen molar-refractivity contribution >= 4 is 45.1 Å². The molecule has 6 nitrogen and oxygen atoms in total. The molecule has 0 saturated carbocycles. The first-order chi connectivity index (χ1) is 15.6. The number of para-hydroxylation sites is 2. The number of rotatable bonds is 6. The zero-order valence-corrected chi connectivity index (χ0v) is 19.0. The molecule has 0 spiro atoms. The molecule has 2 N–H and O–H groups in total. The number of halogens is 2. The van der Waals surface area contributed by atoms with Crippen molar-refractivity contribution in [3.05, 3.63) is 64.5 Å². The third kappa shape index (κ3) is 4.41. The van der Waals surface area contributed by atoms with E-state index in [1.807, 2.05) is 36.5 Å². The number of ether oxygens (including phenoxy) is 1. The summed E-state index contributed by atoms with van der Waals surface area (Å²) >= 11 is 12.5. The van der Waals surface area contributed by atoms with E-state index < -0.39 is 6.29 Å². The second-order valence-electron chi connectivity index (χ2n) is 8.20. The van der Waals surface area contributed by atoms with Crippen LogP contribution in [-0.2, 0) is 0 Å². The summed E-state index contributed by atoms with van der Waals surface area (Å²) in [5.74, 6) is 0.827. The lowest BCUT2D eigenvalue weighted by Gasteiger charge is -2.32. The van der Waals surface area contributed by atoms with Crippen molar-refractivity contribution in [2.75, 3.05) is 19.6 Å². The van der Waals surface area contributed by atoms with Crippen molar-refractivity contribution in [2.24, 2.45) is 0 Å². The van der Waals surface area contributed by atoms with E-state index in [9.17, 15) is 5.11 Å².